The number of likely N-dealkylation sites (N-methyl/N-ethyl adjacent to an activating group) is 1. The molecule has 2 bridgehead atoms. The number of benzene rings is 1. The fourth-order valence-electron chi connectivity index (χ4n) is 4.04. The Kier molecular flexibility index (Phi) is 9.22. The third-order valence-electron chi connectivity index (χ3n) is 6.24. The minimum atomic E-state index is -3.87. The summed E-state index contributed by atoms with van der Waals surface area (Å²) in [5, 5.41) is 17.9. The number of sulfonamides is 1. The van der Waals surface area contributed by atoms with Crippen LogP contribution in [-0.4, -0.2) is 89.6 Å². The van der Waals surface area contributed by atoms with Gasteiger partial charge in [-0.1, -0.05) is 24.3 Å². The highest BCUT2D eigenvalue weighted by molar-refractivity contribution is 7.89. The first-order valence-corrected chi connectivity index (χ1v) is 13.1. The molecule has 1 N–H and O–H groups in total. The molecule has 2 aromatic rings. The van der Waals surface area contributed by atoms with Crippen LogP contribution in [0.2, 0.25) is 0 Å². The number of ether oxygens (including phenoxy) is 2. The van der Waals surface area contributed by atoms with Crippen LogP contribution in [0.15, 0.2) is 35.4 Å². The SMILES string of the molecule is COc1ccccc1S(=O)(=O)N(C)C[C@H]1OCc2cn(nn2)CCCC(=O)N([C@H](C)CO)C[C@@H]1C. The molecular weight excluding hydrogens is 474 g/mol. The second-order valence-electron chi connectivity index (χ2n) is 8.92. The van der Waals surface area contributed by atoms with E-state index in [-0.39, 0.29) is 48.3 Å². The van der Waals surface area contributed by atoms with Crippen LogP contribution in [0.4, 0.5) is 0 Å². The number of rotatable bonds is 7. The van der Waals surface area contributed by atoms with E-state index in [1.54, 1.807) is 40.9 Å². The van der Waals surface area contributed by atoms with Crippen LogP contribution in [0, 0.1) is 5.92 Å². The number of methoxy groups -OCH3 is 1. The van der Waals surface area contributed by atoms with Gasteiger partial charge in [-0.25, -0.2) is 8.42 Å². The van der Waals surface area contributed by atoms with E-state index in [0.29, 0.717) is 31.6 Å². The molecule has 0 unspecified atom stereocenters. The van der Waals surface area contributed by atoms with E-state index < -0.39 is 16.1 Å². The lowest BCUT2D eigenvalue weighted by Gasteiger charge is -2.35. The zero-order chi connectivity index (χ0) is 25.6. The van der Waals surface area contributed by atoms with Gasteiger partial charge in [-0.3, -0.25) is 9.48 Å². The number of aryl methyl sites for hydroxylation is 1. The average Bonchev–Trinajstić information content (AvgIpc) is 3.31. The molecule has 2 heterocycles. The summed E-state index contributed by atoms with van der Waals surface area (Å²) >= 11 is 0. The summed E-state index contributed by atoms with van der Waals surface area (Å²) < 4.78 is 41.0. The smallest absolute Gasteiger partial charge is 0.246 e. The highest BCUT2D eigenvalue weighted by Gasteiger charge is 2.32. The molecule has 0 aliphatic carbocycles. The van der Waals surface area contributed by atoms with Gasteiger partial charge < -0.3 is 19.5 Å². The number of aromatic nitrogens is 3. The van der Waals surface area contributed by atoms with Crippen molar-refractivity contribution in [2.75, 3.05) is 33.9 Å². The molecule has 0 spiro atoms. The van der Waals surface area contributed by atoms with Crippen LogP contribution in [0.1, 0.15) is 32.4 Å². The first-order chi connectivity index (χ1) is 16.7. The van der Waals surface area contributed by atoms with Gasteiger partial charge in [-0.2, -0.15) is 4.31 Å². The largest absolute Gasteiger partial charge is 0.495 e. The van der Waals surface area contributed by atoms with Gasteiger partial charge in [-0.15, -0.1) is 5.10 Å². The maximum atomic E-state index is 13.4. The Hall–Kier alpha value is -2.54. The summed E-state index contributed by atoms with van der Waals surface area (Å²) in [5.74, 6) is -0.0563. The lowest BCUT2D eigenvalue weighted by molar-refractivity contribution is -0.136. The molecule has 12 heteroatoms. The number of hydrogen-bond acceptors (Lipinski definition) is 8. The minimum absolute atomic E-state index is 0.0468. The molecule has 35 heavy (non-hydrogen) atoms. The summed E-state index contributed by atoms with van der Waals surface area (Å²) in [6.07, 6.45) is 2.11. The molecule has 1 aromatic heterocycles. The number of amides is 1. The van der Waals surface area contributed by atoms with Crippen molar-refractivity contribution in [2.24, 2.45) is 5.92 Å². The normalized spacial score (nSPS) is 21.2. The van der Waals surface area contributed by atoms with Crippen molar-refractivity contribution >= 4 is 15.9 Å². The van der Waals surface area contributed by atoms with Gasteiger partial charge in [0.25, 0.3) is 0 Å². The van der Waals surface area contributed by atoms with Gasteiger partial charge in [0.05, 0.1) is 38.7 Å². The molecular formula is C23H35N5O6S. The number of para-hydroxylation sites is 1. The van der Waals surface area contributed by atoms with Gasteiger partial charge in [0, 0.05) is 39.0 Å². The van der Waals surface area contributed by atoms with E-state index in [9.17, 15) is 18.3 Å². The molecule has 0 fully saturated rings. The molecule has 0 saturated heterocycles. The maximum absolute atomic E-state index is 13.4. The maximum Gasteiger partial charge on any atom is 0.246 e. The number of aliphatic hydroxyl groups excluding tert-OH is 1. The Morgan fingerprint density at radius 1 is 1.34 bits per heavy atom. The van der Waals surface area contributed by atoms with Crippen molar-refractivity contribution in [2.45, 2.75) is 56.9 Å². The van der Waals surface area contributed by atoms with Crippen molar-refractivity contribution in [3.05, 3.63) is 36.2 Å². The van der Waals surface area contributed by atoms with Crippen LogP contribution in [0.25, 0.3) is 0 Å². The van der Waals surface area contributed by atoms with Crippen molar-refractivity contribution < 1.29 is 27.8 Å². The van der Waals surface area contributed by atoms with Crippen LogP contribution in [-0.2, 0) is 32.7 Å². The fraction of sp³-hybridized carbons (Fsp3) is 0.609. The van der Waals surface area contributed by atoms with Gasteiger partial charge >= 0.3 is 0 Å². The third kappa shape index (κ3) is 6.57. The standard InChI is InChI=1S/C23H35N5O6S/c1-17-12-28(18(2)15-29)23(30)10-7-11-27-13-19(24-25-27)16-34-21(17)14-26(3)35(31,32)22-9-6-5-8-20(22)33-4/h5-6,8-9,13,17-18,21,29H,7,10-12,14-16H2,1-4H3/t17-,18+,21+/m0/s1. The van der Waals surface area contributed by atoms with E-state index in [4.69, 9.17) is 9.47 Å². The lowest BCUT2D eigenvalue weighted by atomic mass is 10.0. The number of fused-ring (bicyclic) bond motifs is 2. The molecule has 1 amide bonds. The molecule has 0 radical (unpaired) electrons. The van der Waals surface area contributed by atoms with Crippen LogP contribution in [0.3, 0.4) is 0 Å². The summed E-state index contributed by atoms with van der Waals surface area (Å²) in [7, 11) is -0.953. The molecule has 0 saturated carbocycles. The number of nitrogens with zero attached hydrogens (tertiary/aromatic N) is 5. The van der Waals surface area contributed by atoms with E-state index in [1.165, 1.54) is 24.5 Å². The monoisotopic (exact) mass is 509 g/mol. The quantitative estimate of drug-likeness (QED) is 0.589. The number of carbonyl (C=O) groups is 1. The topological polar surface area (TPSA) is 127 Å². The predicted octanol–water partition coefficient (Wildman–Crippen LogP) is 1.13. The Morgan fingerprint density at radius 2 is 2.09 bits per heavy atom. The minimum Gasteiger partial charge on any atom is -0.495 e. The third-order valence-corrected chi connectivity index (χ3v) is 8.10. The average molecular weight is 510 g/mol. The molecule has 1 aliphatic rings. The molecule has 1 aliphatic heterocycles. The van der Waals surface area contributed by atoms with Crippen LogP contribution in [0.5, 0.6) is 5.75 Å². The zero-order valence-electron chi connectivity index (χ0n) is 20.7. The number of aliphatic hydroxyl groups is 1. The fourth-order valence-corrected chi connectivity index (χ4v) is 5.38. The molecule has 194 valence electrons. The predicted molar refractivity (Wildman–Crippen MR) is 128 cm³/mol. The summed E-state index contributed by atoms with van der Waals surface area (Å²) in [5.41, 5.74) is 0.628. The van der Waals surface area contributed by atoms with Crippen LogP contribution < -0.4 is 4.74 Å². The van der Waals surface area contributed by atoms with Crippen molar-refractivity contribution in [1.29, 1.82) is 0 Å². The second kappa shape index (κ2) is 11.9. The molecule has 11 nitrogen and oxygen atoms in total. The van der Waals surface area contributed by atoms with Gasteiger partial charge in [0.2, 0.25) is 15.9 Å². The highest BCUT2D eigenvalue weighted by atomic mass is 32.2. The summed E-state index contributed by atoms with van der Waals surface area (Å²) in [6, 6.07) is 6.08. The van der Waals surface area contributed by atoms with Crippen molar-refractivity contribution in [1.82, 2.24) is 24.2 Å². The first-order valence-electron chi connectivity index (χ1n) is 11.7. The van der Waals surface area contributed by atoms with Crippen LogP contribution >= 0.6 is 0 Å². The van der Waals surface area contributed by atoms with Crippen molar-refractivity contribution in [3.8, 4) is 5.75 Å². The number of hydrogen-bond donors (Lipinski definition) is 1. The Labute approximate surface area is 206 Å². The Bertz CT molecular complexity index is 1090. The zero-order valence-corrected chi connectivity index (χ0v) is 21.5. The Balaban J connectivity index is 1.88. The van der Waals surface area contributed by atoms with E-state index in [2.05, 4.69) is 10.3 Å². The van der Waals surface area contributed by atoms with E-state index in [0.717, 1.165) is 0 Å². The van der Waals surface area contributed by atoms with Gasteiger partial charge in [0.15, 0.2) is 0 Å². The second-order valence-corrected chi connectivity index (χ2v) is 10.9. The Morgan fingerprint density at radius 3 is 2.80 bits per heavy atom. The molecule has 3 atom stereocenters. The van der Waals surface area contributed by atoms with Crippen molar-refractivity contribution in [3.63, 3.8) is 0 Å². The highest BCUT2D eigenvalue weighted by Crippen LogP contribution is 2.27. The van der Waals surface area contributed by atoms with Gasteiger partial charge in [-0.05, 0) is 25.5 Å². The molecule has 1 aromatic carbocycles. The first kappa shape index (κ1) is 27.1. The number of carbonyl (C=O) groups excluding carboxylic acids is 1. The van der Waals surface area contributed by atoms with E-state index >= 15 is 0 Å². The summed E-state index contributed by atoms with van der Waals surface area (Å²) in [6.45, 7) is 4.59. The molecule has 3 rings (SSSR count). The van der Waals surface area contributed by atoms with E-state index in [1.807, 2.05) is 6.92 Å². The summed E-state index contributed by atoms with van der Waals surface area (Å²) in [4.78, 5) is 14.7. The lowest BCUT2D eigenvalue weighted by Crippen LogP contribution is -2.47. The van der Waals surface area contributed by atoms with Gasteiger partial charge in [0.1, 0.15) is 16.3 Å².